The third kappa shape index (κ3) is 4.28. The van der Waals surface area contributed by atoms with Gasteiger partial charge in [-0.05, 0) is 36.1 Å². The Morgan fingerprint density at radius 3 is 2.43 bits per heavy atom. The van der Waals surface area contributed by atoms with Crippen molar-refractivity contribution in [3.8, 4) is 0 Å². The first kappa shape index (κ1) is 16.5. The molecule has 2 atom stereocenters. The molecule has 3 nitrogen and oxygen atoms in total. The van der Waals surface area contributed by atoms with Gasteiger partial charge in [0.15, 0.2) is 4.34 Å². The van der Waals surface area contributed by atoms with E-state index in [4.69, 9.17) is 0 Å². The maximum atomic E-state index is 4.55. The van der Waals surface area contributed by atoms with Crippen LogP contribution >= 0.6 is 23.3 Å². The number of aromatic nitrogens is 2. The molecular weight excluding hydrogens is 298 g/mol. The maximum absolute atomic E-state index is 4.55. The van der Waals surface area contributed by atoms with Crippen LogP contribution in [-0.4, -0.2) is 21.7 Å². The summed E-state index contributed by atoms with van der Waals surface area (Å²) in [5.74, 6) is 0.947. The molecule has 2 unspecified atom stereocenters. The number of nitrogens with one attached hydrogen (secondary N) is 1. The van der Waals surface area contributed by atoms with E-state index in [-0.39, 0.29) is 0 Å². The average molecular weight is 322 g/mol. The van der Waals surface area contributed by atoms with Gasteiger partial charge in [0, 0.05) is 17.7 Å². The molecule has 0 amide bonds. The Morgan fingerprint density at radius 2 is 1.90 bits per heavy atom. The predicted molar refractivity (Wildman–Crippen MR) is 92.2 cm³/mol. The summed E-state index contributed by atoms with van der Waals surface area (Å²) in [5, 5.41) is 3.84. The van der Waals surface area contributed by atoms with Gasteiger partial charge in [-0.15, -0.1) is 0 Å². The lowest BCUT2D eigenvalue weighted by Crippen LogP contribution is -2.25. The second-order valence-corrected chi connectivity index (χ2v) is 7.39. The van der Waals surface area contributed by atoms with E-state index in [1.165, 1.54) is 22.7 Å². The molecule has 0 aliphatic rings. The number of hydrogen-bond acceptors (Lipinski definition) is 5. The summed E-state index contributed by atoms with van der Waals surface area (Å²) in [6.45, 7) is 6.52. The first-order chi connectivity index (χ1) is 10.2. The SMILES string of the molecule is CCc1ccc(C(NC)C(C)Sc2nc(CC)ns2)cc1. The smallest absolute Gasteiger partial charge is 0.170 e. The van der Waals surface area contributed by atoms with Crippen molar-refractivity contribution in [1.82, 2.24) is 14.7 Å². The molecule has 2 rings (SSSR count). The number of nitrogens with zero attached hydrogens (tertiary/aromatic N) is 2. The van der Waals surface area contributed by atoms with Crippen LogP contribution in [0.15, 0.2) is 28.6 Å². The molecule has 0 fully saturated rings. The Morgan fingerprint density at radius 1 is 1.19 bits per heavy atom. The van der Waals surface area contributed by atoms with Crippen LogP contribution in [0.2, 0.25) is 0 Å². The summed E-state index contributed by atoms with van der Waals surface area (Å²) in [5.41, 5.74) is 2.71. The minimum absolute atomic E-state index is 0.315. The van der Waals surface area contributed by atoms with Crippen molar-refractivity contribution in [2.75, 3.05) is 7.05 Å². The fourth-order valence-electron chi connectivity index (χ4n) is 2.29. The van der Waals surface area contributed by atoms with E-state index >= 15 is 0 Å². The number of hydrogen-bond donors (Lipinski definition) is 1. The van der Waals surface area contributed by atoms with Crippen molar-refractivity contribution in [2.45, 2.75) is 49.2 Å². The lowest BCUT2D eigenvalue weighted by molar-refractivity contribution is 0.589. The van der Waals surface area contributed by atoms with Gasteiger partial charge in [0.25, 0.3) is 0 Å². The van der Waals surface area contributed by atoms with Crippen molar-refractivity contribution in [2.24, 2.45) is 0 Å². The van der Waals surface area contributed by atoms with Crippen LogP contribution in [0.4, 0.5) is 0 Å². The fourth-order valence-corrected chi connectivity index (χ4v) is 4.43. The van der Waals surface area contributed by atoms with Crippen LogP contribution in [0, 0.1) is 0 Å². The zero-order valence-corrected chi connectivity index (χ0v) is 14.7. The van der Waals surface area contributed by atoms with Gasteiger partial charge in [-0.3, -0.25) is 0 Å². The zero-order valence-electron chi connectivity index (χ0n) is 13.1. The molecule has 114 valence electrons. The third-order valence-corrected chi connectivity index (χ3v) is 5.58. The molecule has 0 saturated carbocycles. The van der Waals surface area contributed by atoms with E-state index < -0.39 is 0 Å². The van der Waals surface area contributed by atoms with Gasteiger partial charge < -0.3 is 5.32 Å². The summed E-state index contributed by atoms with van der Waals surface area (Å²) in [6, 6.07) is 9.22. The van der Waals surface area contributed by atoms with E-state index in [9.17, 15) is 0 Å². The van der Waals surface area contributed by atoms with Crippen molar-refractivity contribution in [1.29, 1.82) is 0 Å². The van der Waals surface area contributed by atoms with Crippen LogP contribution in [0.25, 0.3) is 0 Å². The molecule has 1 heterocycles. The lowest BCUT2D eigenvalue weighted by atomic mass is 10.0. The second-order valence-electron chi connectivity index (χ2n) is 5.01. The van der Waals surface area contributed by atoms with Crippen LogP contribution in [-0.2, 0) is 12.8 Å². The van der Waals surface area contributed by atoms with Crippen molar-refractivity contribution in [3.05, 3.63) is 41.2 Å². The van der Waals surface area contributed by atoms with E-state index in [0.717, 1.165) is 23.0 Å². The molecule has 1 aromatic heterocycles. The van der Waals surface area contributed by atoms with E-state index in [1.54, 1.807) is 11.8 Å². The Balaban J connectivity index is 2.07. The molecule has 0 bridgehead atoms. The topological polar surface area (TPSA) is 37.8 Å². The summed E-state index contributed by atoms with van der Waals surface area (Å²) < 4.78 is 5.42. The maximum Gasteiger partial charge on any atom is 0.170 e. The average Bonchev–Trinajstić information content (AvgIpc) is 2.96. The molecule has 21 heavy (non-hydrogen) atoms. The van der Waals surface area contributed by atoms with Gasteiger partial charge >= 0.3 is 0 Å². The largest absolute Gasteiger partial charge is 0.312 e. The highest BCUT2D eigenvalue weighted by Gasteiger charge is 2.20. The van der Waals surface area contributed by atoms with Crippen molar-refractivity contribution in [3.63, 3.8) is 0 Å². The molecule has 2 aromatic rings. The number of thioether (sulfide) groups is 1. The molecule has 0 aliphatic carbocycles. The van der Waals surface area contributed by atoms with Gasteiger partial charge in [0.05, 0.1) is 0 Å². The standard InChI is InChI=1S/C16H23N3S2/c1-5-12-7-9-13(10-8-12)15(17-4)11(3)20-16-18-14(6-2)19-21-16/h7-11,15,17H,5-6H2,1-4H3. The molecule has 0 aliphatic heterocycles. The summed E-state index contributed by atoms with van der Waals surface area (Å²) in [4.78, 5) is 4.55. The Hall–Kier alpha value is -0.910. The zero-order chi connectivity index (χ0) is 15.2. The van der Waals surface area contributed by atoms with Crippen LogP contribution in [0.5, 0.6) is 0 Å². The molecule has 5 heteroatoms. The summed E-state index contributed by atoms with van der Waals surface area (Å²) in [6.07, 6.45) is 1.98. The number of benzene rings is 1. The van der Waals surface area contributed by atoms with Crippen LogP contribution in [0.1, 0.15) is 43.8 Å². The predicted octanol–water partition coefficient (Wildman–Crippen LogP) is 4.10. The number of aryl methyl sites for hydroxylation is 2. The van der Waals surface area contributed by atoms with Gasteiger partial charge in [0.1, 0.15) is 5.82 Å². The fraction of sp³-hybridized carbons (Fsp3) is 0.500. The molecule has 0 saturated heterocycles. The monoisotopic (exact) mass is 321 g/mol. The molecule has 0 spiro atoms. The molecular formula is C16H23N3S2. The Labute approximate surface area is 135 Å². The number of rotatable bonds is 7. The van der Waals surface area contributed by atoms with Crippen LogP contribution in [0.3, 0.4) is 0 Å². The molecule has 0 radical (unpaired) electrons. The summed E-state index contributed by atoms with van der Waals surface area (Å²) >= 11 is 3.31. The summed E-state index contributed by atoms with van der Waals surface area (Å²) in [7, 11) is 2.02. The Bertz CT molecular complexity index is 551. The van der Waals surface area contributed by atoms with Crippen molar-refractivity contribution >= 4 is 23.3 Å². The highest BCUT2D eigenvalue weighted by atomic mass is 32.2. The first-order valence-corrected chi connectivity index (χ1v) is 9.08. The molecule has 1 aromatic carbocycles. The highest BCUT2D eigenvalue weighted by Crippen LogP contribution is 2.32. The van der Waals surface area contributed by atoms with Gasteiger partial charge in [-0.1, -0.05) is 56.8 Å². The van der Waals surface area contributed by atoms with E-state index in [2.05, 4.69) is 59.7 Å². The third-order valence-electron chi connectivity index (χ3n) is 3.58. The second kappa shape index (κ2) is 7.92. The van der Waals surface area contributed by atoms with Gasteiger partial charge in [-0.2, -0.15) is 4.37 Å². The Kier molecular flexibility index (Phi) is 6.21. The lowest BCUT2D eigenvalue weighted by Gasteiger charge is -2.23. The first-order valence-electron chi connectivity index (χ1n) is 7.43. The highest BCUT2D eigenvalue weighted by molar-refractivity contribution is 8.01. The van der Waals surface area contributed by atoms with E-state index in [1.807, 2.05) is 7.05 Å². The van der Waals surface area contributed by atoms with Crippen molar-refractivity contribution < 1.29 is 0 Å². The quantitative estimate of drug-likeness (QED) is 0.779. The normalized spacial score (nSPS) is 14.1. The minimum atomic E-state index is 0.315. The molecule has 1 N–H and O–H groups in total. The minimum Gasteiger partial charge on any atom is -0.312 e. The van der Waals surface area contributed by atoms with Gasteiger partial charge in [0.2, 0.25) is 0 Å². The van der Waals surface area contributed by atoms with Crippen LogP contribution < -0.4 is 5.32 Å². The van der Waals surface area contributed by atoms with E-state index in [0.29, 0.717) is 11.3 Å². The van der Waals surface area contributed by atoms with Gasteiger partial charge in [-0.25, -0.2) is 4.98 Å².